The average molecular weight is 343 g/mol. The summed E-state index contributed by atoms with van der Waals surface area (Å²) in [5, 5.41) is 4.08. The van der Waals surface area contributed by atoms with E-state index in [0.717, 1.165) is 11.1 Å². The van der Waals surface area contributed by atoms with Crippen molar-refractivity contribution in [2.24, 2.45) is 7.05 Å². The highest BCUT2D eigenvalue weighted by molar-refractivity contribution is 5.91. The van der Waals surface area contributed by atoms with Crippen LogP contribution in [0.1, 0.15) is 25.0 Å². The van der Waals surface area contributed by atoms with Crippen LogP contribution >= 0.6 is 0 Å². The maximum atomic E-state index is 12.4. The summed E-state index contributed by atoms with van der Waals surface area (Å²) in [5.74, 6) is 1.34. The lowest BCUT2D eigenvalue weighted by molar-refractivity contribution is -0.126. The largest absolute Gasteiger partial charge is 0.493 e. The first-order valence-electron chi connectivity index (χ1n) is 8.32. The number of benzene rings is 1. The molecule has 0 spiro atoms. The van der Waals surface area contributed by atoms with E-state index in [9.17, 15) is 4.79 Å². The smallest absolute Gasteiger partial charge is 0.246 e. The van der Waals surface area contributed by atoms with Gasteiger partial charge in [-0.2, -0.15) is 5.10 Å². The van der Waals surface area contributed by atoms with Crippen LogP contribution in [0.15, 0.2) is 36.7 Å². The molecule has 0 radical (unpaired) electrons. The minimum absolute atomic E-state index is 0.0424. The summed E-state index contributed by atoms with van der Waals surface area (Å²) in [4.78, 5) is 14.2. The number of hydrogen-bond acceptors (Lipinski definition) is 4. The molecule has 0 fully saturated rings. The minimum Gasteiger partial charge on any atom is -0.493 e. The first kappa shape index (κ1) is 18.6. The Hall–Kier alpha value is -2.76. The first-order chi connectivity index (χ1) is 12.1. The summed E-state index contributed by atoms with van der Waals surface area (Å²) in [6.45, 7) is 5.59. The Kier molecular flexibility index (Phi) is 6.62. The van der Waals surface area contributed by atoms with Gasteiger partial charge in [0.05, 0.1) is 19.9 Å². The number of amides is 1. The number of ether oxygens (including phenoxy) is 2. The van der Waals surface area contributed by atoms with Crippen molar-refractivity contribution >= 4 is 12.0 Å². The normalized spacial score (nSPS) is 10.9. The number of carbonyl (C=O) groups is 1. The molecule has 0 unspecified atom stereocenters. The van der Waals surface area contributed by atoms with Crippen LogP contribution < -0.4 is 9.47 Å². The van der Waals surface area contributed by atoms with Crippen LogP contribution in [0.2, 0.25) is 0 Å². The van der Waals surface area contributed by atoms with Crippen LogP contribution in [0.25, 0.3) is 6.08 Å². The predicted octanol–water partition coefficient (Wildman–Crippen LogP) is 2.89. The fourth-order valence-electron chi connectivity index (χ4n) is 2.45. The Morgan fingerprint density at radius 1 is 1.32 bits per heavy atom. The molecule has 6 heteroatoms. The van der Waals surface area contributed by atoms with Crippen molar-refractivity contribution in [2.75, 3.05) is 20.3 Å². The molecule has 1 aromatic carbocycles. The van der Waals surface area contributed by atoms with Gasteiger partial charge in [0, 0.05) is 38.0 Å². The molecule has 0 aliphatic rings. The van der Waals surface area contributed by atoms with Crippen molar-refractivity contribution in [3.63, 3.8) is 0 Å². The summed E-state index contributed by atoms with van der Waals surface area (Å²) in [7, 11) is 3.46. The van der Waals surface area contributed by atoms with E-state index in [2.05, 4.69) is 5.10 Å². The molecule has 2 aromatic rings. The highest BCUT2D eigenvalue weighted by Crippen LogP contribution is 2.28. The second-order valence-corrected chi connectivity index (χ2v) is 5.55. The molecule has 0 bridgehead atoms. The maximum Gasteiger partial charge on any atom is 0.246 e. The molecule has 0 saturated carbocycles. The lowest BCUT2D eigenvalue weighted by Crippen LogP contribution is -2.28. The van der Waals surface area contributed by atoms with Crippen molar-refractivity contribution in [3.05, 3.63) is 47.8 Å². The Morgan fingerprint density at radius 3 is 2.72 bits per heavy atom. The number of rotatable bonds is 8. The fraction of sp³-hybridized carbons (Fsp3) is 0.368. The van der Waals surface area contributed by atoms with Crippen LogP contribution in [0.4, 0.5) is 0 Å². The zero-order valence-corrected chi connectivity index (χ0v) is 15.2. The number of methoxy groups -OCH3 is 1. The monoisotopic (exact) mass is 343 g/mol. The van der Waals surface area contributed by atoms with Crippen molar-refractivity contribution in [1.82, 2.24) is 14.7 Å². The van der Waals surface area contributed by atoms with Gasteiger partial charge in [0.2, 0.25) is 5.91 Å². The number of nitrogens with zero attached hydrogens (tertiary/aromatic N) is 3. The van der Waals surface area contributed by atoms with E-state index in [1.807, 2.05) is 45.3 Å². The number of aryl methyl sites for hydroxylation is 1. The van der Waals surface area contributed by atoms with Gasteiger partial charge in [-0.1, -0.05) is 6.07 Å². The van der Waals surface area contributed by atoms with Gasteiger partial charge in [-0.15, -0.1) is 0 Å². The lowest BCUT2D eigenvalue weighted by atomic mass is 10.2. The standard InChI is InChI=1S/C19H25N3O3/c1-5-22(19(23)10-8-16-12-20-21(3)13-16)14-15-7-9-17(25-6-2)18(11-15)24-4/h7-13H,5-6,14H2,1-4H3. The van der Waals surface area contributed by atoms with Crippen molar-refractivity contribution in [2.45, 2.75) is 20.4 Å². The molecule has 6 nitrogen and oxygen atoms in total. The number of hydrogen-bond donors (Lipinski definition) is 0. The highest BCUT2D eigenvalue weighted by atomic mass is 16.5. The summed E-state index contributed by atoms with van der Waals surface area (Å²) >= 11 is 0. The third-order valence-electron chi connectivity index (χ3n) is 3.74. The summed E-state index contributed by atoms with van der Waals surface area (Å²) in [6.07, 6.45) is 6.93. The van der Waals surface area contributed by atoms with E-state index in [4.69, 9.17) is 9.47 Å². The lowest BCUT2D eigenvalue weighted by Gasteiger charge is -2.20. The SMILES string of the molecule is CCOc1ccc(CN(CC)C(=O)C=Cc2cnn(C)c2)cc1OC. The van der Waals surface area contributed by atoms with Crippen molar-refractivity contribution < 1.29 is 14.3 Å². The topological polar surface area (TPSA) is 56.6 Å². The molecule has 25 heavy (non-hydrogen) atoms. The molecule has 2 rings (SSSR count). The molecule has 0 atom stereocenters. The fourth-order valence-corrected chi connectivity index (χ4v) is 2.45. The molecule has 1 heterocycles. The van der Waals surface area contributed by atoms with Gasteiger partial charge in [-0.05, 0) is 37.6 Å². The predicted molar refractivity (Wildman–Crippen MR) is 97.5 cm³/mol. The Morgan fingerprint density at radius 2 is 2.12 bits per heavy atom. The molecule has 0 N–H and O–H groups in total. The number of aromatic nitrogens is 2. The average Bonchev–Trinajstić information content (AvgIpc) is 3.04. The van der Waals surface area contributed by atoms with Gasteiger partial charge in [-0.25, -0.2) is 0 Å². The molecule has 134 valence electrons. The summed E-state index contributed by atoms with van der Waals surface area (Å²) in [6, 6.07) is 5.74. The van der Waals surface area contributed by atoms with E-state index < -0.39 is 0 Å². The van der Waals surface area contributed by atoms with Crippen molar-refractivity contribution in [1.29, 1.82) is 0 Å². The molecule has 1 aromatic heterocycles. The van der Waals surface area contributed by atoms with Gasteiger partial charge in [0.1, 0.15) is 0 Å². The number of likely N-dealkylation sites (N-methyl/N-ethyl adjacent to an activating group) is 1. The van der Waals surface area contributed by atoms with Crippen molar-refractivity contribution in [3.8, 4) is 11.5 Å². The van der Waals surface area contributed by atoms with Crippen LogP contribution in [-0.2, 0) is 18.4 Å². The Balaban J connectivity index is 2.07. The second kappa shape index (κ2) is 8.92. The van der Waals surface area contributed by atoms with E-state index in [1.54, 1.807) is 35.0 Å². The molecule has 0 aliphatic heterocycles. The van der Waals surface area contributed by atoms with Gasteiger partial charge in [-0.3, -0.25) is 9.48 Å². The molecular weight excluding hydrogens is 318 g/mol. The maximum absolute atomic E-state index is 12.4. The van der Waals surface area contributed by atoms with Crippen LogP contribution in [0, 0.1) is 0 Å². The van der Waals surface area contributed by atoms with E-state index in [0.29, 0.717) is 31.2 Å². The van der Waals surface area contributed by atoms with E-state index in [-0.39, 0.29) is 5.91 Å². The molecular formula is C19H25N3O3. The quantitative estimate of drug-likeness (QED) is 0.692. The minimum atomic E-state index is -0.0424. The Labute approximate surface area is 148 Å². The third kappa shape index (κ3) is 5.11. The second-order valence-electron chi connectivity index (χ2n) is 5.55. The molecule has 1 amide bonds. The molecule has 0 saturated heterocycles. The third-order valence-corrected chi connectivity index (χ3v) is 3.74. The van der Waals surface area contributed by atoms with Crippen LogP contribution in [-0.4, -0.2) is 40.8 Å². The van der Waals surface area contributed by atoms with Gasteiger partial charge >= 0.3 is 0 Å². The first-order valence-corrected chi connectivity index (χ1v) is 8.32. The summed E-state index contributed by atoms with van der Waals surface area (Å²) in [5.41, 5.74) is 1.89. The zero-order chi connectivity index (χ0) is 18.2. The number of carbonyl (C=O) groups excluding carboxylic acids is 1. The Bertz CT molecular complexity index is 737. The highest BCUT2D eigenvalue weighted by Gasteiger charge is 2.12. The summed E-state index contributed by atoms with van der Waals surface area (Å²) < 4.78 is 12.6. The van der Waals surface area contributed by atoms with E-state index >= 15 is 0 Å². The van der Waals surface area contributed by atoms with E-state index in [1.165, 1.54) is 0 Å². The molecule has 0 aliphatic carbocycles. The van der Waals surface area contributed by atoms with Gasteiger partial charge in [0.15, 0.2) is 11.5 Å². The van der Waals surface area contributed by atoms with Gasteiger partial charge < -0.3 is 14.4 Å². The van der Waals surface area contributed by atoms with Crippen LogP contribution in [0.5, 0.6) is 11.5 Å². The van der Waals surface area contributed by atoms with Crippen LogP contribution in [0.3, 0.4) is 0 Å². The zero-order valence-electron chi connectivity index (χ0n) is 15.2. The van der Waals surface area contributed by atoms with Gasteiger partial charge in [0.25, 0.3) is 0 Å².